The molecule has 0 saturated carbocycles. The van der Waals surface area contributed by atoms with Gasteiger partial charge in [-0.05, 0) is 55.2 Å². The highest BCUT2D eigenvalue weighted by molar-refractivity contribution is 5.83. The number of carbonyl (C=O) groups is 2. The second kappa shape index (κ2) is 17.3. The highest BCUT2D eigenvalue weighted by atomic mass is 16.6. The average molecular weight is 581 g/mol. The van der Waals surface area contributed by atoms with Crippen molar-refractivity contribution >= 4 is 11.7 Å². The number of hydrogen-bond acceptors (Lipinski definition) is 8. The van der Waals surface area contributed by atoms with E-state index >= 15 is 0 Å². The fourth-order valence-electron chi connectivity index (χ4n) is 4.60. The number of ketones is 1. The minimum atomic E-state index is -1.30. The summed E-state index contributed by atoms with van der Waals surface area (Å²) in [6.45, 7) is 13.9. The number of aliphatic hydroxyl groups is 1. The third-order valence-electron chi connectivity index (χ3n) is 7.97. The SMILES string of the molecule is COCCCOc1cc(C[C@@H](C[C@@H]([C@@H](O)C[C@H](C(=O)NCC(C)(C)C(C)=O)C(C)C)[N+](=O)[O-])C(C)C)ccc1OC. The van der Waals surface area contributed by atoms with Gasteiger partial charge >= 0.3 is 0 Å². The Morgan fingerprint density at radius 3 is 2.22 bits per heavy atom. The van der Waals surface area contributed by atoms with Crippen LogP contribution < -0.4 is 14.8 Å². The summed E-state index contributed by atoms with van der Waals surface area (Å²) in [6.07, 6.45) is 0.0982. The summed E-state index contributed by atoms with van der Waals surface area (Å²) in [6, 6.07) is 4.43. The van der Waals surface area contributed by atoms with E-state index in [-0.39, 0.29) is 48.8 Å². The van der Waals surface area contributed by atoms with Crippen LogP contribution in [0.15, 0.2) is 18.2 Å². The van der Waals surface area contributed by atoms with Crippen molar-refractivity contribution in [1.82, 2.24) is 5.32 Å². The molecule has 0 aliphatic rings. The molecule has 10 heteroatoms. The van der Waals surface area contributed by atoms with Crippen molar-refractivity contribution in [3.05, 3.63) is 33.9 Å². The van der Waals surface area contributed by atoms with Gasteiger partial charge in [-0.25, -0.2) is 0 Å². The molecule has 41 heavy (non-hydrogen) atoms. The summed E-state index contributed by atoms with van der Waals surface area (Å²) in [5.41, 5.74) is 0.232. The van der Waals surface area contributed by atoms with Gasteiger partial charge in [-0.1, -0.05) is 47.6 Å². The number of hydrogen-bond donors (Lipinski definition) is 2. The monoisotopic (exact) mass is 580 g/mol. The molecule has 0 aliphatic heterocycles. The van der Waals surface area contributed by atoms with Gasteiger partial charge in [-0.2, -0.15) is 0 Å². The Hall–Kier alpha value is -2.72. The predicted molar refractivity (Wildman–Crippen MR) is 159 cm³/mol. The number of carbonyl (C=O) groups excluding carboxylic acids is 2. The van der Waals surface area contributed by atoms with Crippen LogP contribution in [0.2, 0.25) is 0 Å². The Balaban J connectivity index is 3.04. The number of Topliss-reactive ketones (excluding diaryl/α,β-unsaturated/α-hetero) is 1. The van der Waals surface area contributed by atoms with E-state index in [0.717, 1.165) is 12.0 Å². The van der Waals surface area contributed by atoms with Gasteiger partial charge in [0.1, 0.15) is 11.9 Å². The molecule has 0 unspecified atom stereocenters. The maximum absolute atomic E-state index is 13.0. The number of amides is 1. The first-order chi connectivity index (χ1) is 19.1. The topological polar surface area (TPSA) is 137 Å². The van der Waals surface area contributed by atoms with Crippen molar-refractivity contribution in [1.29, 1.82) is 0 Å². The lowest BCUT2D eigenvalue weighted by Crippen LogP contribution is -2.45. The second-order valence-corrected chi connectivity index (χ2v) is 12.3. The van der Waals surface area contributed by atoms with E-state index in [4.69, 9.17) is 14.2 Å². The fraction of sp³-hybridized carbons (Fsp3) is 0.742. The molecule has 234 valence electrons. The van der Waals surface area contributed by atoms with Crippen molar-refractivity contribution < 1.29 is 33.8 Å². The van der Waals surface area contributed by atoms with Crippen LogP contribution in [0.4, 0.5) is 0 Å². The molecule has 1 rings (SSSR count). The number of methoxy groups -OCH3 is 2. The minimum Gasteiger partial charge on any atom is -0.493 e. The Bertz CT molecular complexity index is 979. The van der Waals surface area contributed by atoms with Gasteiger partial charge in [-0.15, -0.1) is 0 Å². The summed E-state index contributed by atoms with van der Waals surface area (Å²) in [4.78, 5) is 36.6. The van der Waals surface area contributed by atoms with Crippen molar-refractivity contribution in [3.8, 4) is 11.5 Å². The average Bonchev–Trinajstić information content (AvgIpc) is 2.90. The lowest BCUT2D eigenvalue weighted by molar-refractivity contribution is -0.537. The van der Waals surface area contributed by atoms with Crippen LogP contribution >= 0.6 is 0 Å². The number of nitro groups is 1. The smallest absolute Gasteiger partial charge is 0.238 e. The zero-order chi connectivity index (χ0) is 31.3. The van der Waals surface area contributed by atoms with Gasteiger partial charge in [0.05, 0.1) is 13.7 Å². The molecule has 0 fully saturated rings. The van der Waals surface area contributed by atoms with E-state index in [1.54, 1.807) is 28.1 Å². The van der Waals surface area contributed by atoms with E-state index in [9.17, 15) is 24.8 Å². The molecule has 0 saturated heterocycles. The van der Waals surface area contributed by atoms with Crippen LogP contribution in [0.25, 0.3) is 0 Å². The molecule has 0 aliphatic carbocycles. The van der Waals surface area contributed by atoms with E-state index in [1.165, 1.54) is 6.92 Å². The molecule has 0 aromatic heterocycles. The fourth-order valence-corrected chi connectivity index (χ4v) is 4.60. The summed E-state index contributed by atoms with van der Waals surface area (Å²) in [5.74, 6) is 0.0741. The molecule has 1 amide bonds. The maximum atomic E-state index is 13.0. The van der Waals surface area contributed by atoms with Crippen LogP contribution in [0.1, 0.15) is 73.3 Å². The van der Waals surface area contributed by atoms with Crippen LogP contribution in [-0.4, -0.2) is 67.8 Å². The van der Waals surface area contributed by atoms with E-state index in [0.29, 0.717) is 31.1 Å². The standard InChI is InChI=1S/C31H52N2O8/c1-20(2)24(15-23-11-12-28(40-9)29(16-23)41-14-10-13-39-8)17-26(33(37)38)27(35)18-25(21(3)4)30(36)32-19-31(6,7)22(5)34/h11-12,16,20-21,24-27,35H,10,13-15,17-19H2,1-9H3,(H,32,36)/t24-,25-,26-,27-/m0/s1. The summed E-state index contributed by atoms with van der Waals surface area (Å²) >= 11 is 0. The molecule has 10 nitrogen and oxygen atoms in total. The van der Waals surface area contributed by atoms with Gasteiger partial charge < -0.3 is 24.6 Å². The molecule has 1 aromatic carbocycles. The highest BCUT2D eigenvalue weighted by Gasteiger charge is 2.38. The first-order valence-corrected chi connectivity index (χ1v) is 14.5. The quantitative estimate of drug-likeness (QED) is 0.128. The normalized spacial score (nSPS) is 14.8. The molecule has 0 bridgehead atoms. The van der Waals surface area contributed by atoms with Gasteiger partial charge in [0.25, 0.3) is 0 Å². The Morgan fingerprint density at radius 2 is 1.71 bits per heavy atom. The predicted octanol–water partition coefficient (Wildman–Crippen LogP) is 4.72. The Morgan fingerprint density at radius 1 is 1.05 bits per heavy atom. The minimum absolute atomic E-state index is 0.0392. The lowest BCUT2D eigenvalue weighted by atomic mass is 9.80. The van der Waals surface area contributed by atoms with Gasteiger partial charge in [0.2, 0.25) is 11.9 Å². The number of aliphatic hydroxyl groups excluding tert-OH is 1. The first kappa shape index (κ1) is 36.3. The van der Waals surface area contributed by atoms with Crippen LogP contribution in [0.3, 0.4) is 0 Å². The van der Waals surface area contributed by atoms with Crippen molar-refractivity contribution in [2.45, 2.75) is 86.3 Å². The van der Waals surface area contributed by atoms with Crippen molar-refractivity contribution in [2.75, 3.05) is 34.0 Å². The zero-order valence-electron chi connectivity index (χ0n) is 26.4. The maximum Gasteiger partial charge on any atom is 0.238 e. The largest absolute Gasteiger partial charge is 0.493 e. The van der Waals surface area contributed by atoms with Gasteiger partial charge in [0.15, 0.2) is 11.5 Å². The van der Waals surface area contributed by atoms with Crippen molar-refractivity contribution in [2.24, 2.45) is 29.1 Å². The number of nitrogens with one attached hydrogen (secondary N) is 1. The van der Waals surface area contributed by atoms with E-state index in [1.807, 2.05) is 45.9 Å². The number of benzene rings is 1. The third kappa shape index (κ3) is 12.0. The van der Waals surface area contributed by atoms with Crippen LogP contribution in [0.5, 0.6) is 11.5 Å². The van der Waals surface area contributed by atoms with Crippen LogP contribution in [0, 0.1) is 39.2 Å². The first-order valence-electron chi connectivity index (χ1n) is 14.5. The summed E-state index contributed by atoms with van der Waals surface area (Å²) < 4.78 is 16.4. The molecule has 0 radical (unpaired) electrons. The molecule has 0 spiro atoms. The van der Waals surface area contributed by atoms with Gasteiger partial charge in [-0.3, -0.25) is 19.7 Å². The molecule has 0 heterocycles. The highest BCUT2D eigenvalue weighted by Crippen LogP contribution is 2.32. The number of ether oxygens (including phenoxy) is 3. The molecule has 2 N–H and O–H groups in total. The summed E-state index contributed by atoms with van der Waals surface area (Å²) in [5, 5.41) is 26.1. The van der Waals surface area contributed by atoms with Gasteiger partial charge in [0, 0.05) is 49.4 Å². The van der Waals surface area contributed by atoms with Crippen molar-refractivity contribution in [3.63, 3.8) is 0 Å². The molecular weight excluding hydrogens is 528 g/mol. The van der Waals surface area contributed by atoms with E-state index in [2.05, 4.69) is 5.32 Å². The second-order valence-electron chi connectivity index (χ2n) is 12.3. The lowest BCUT2D eigenvalue weighted by Gasteiger charge is -2.29. The summed E-state index contributed by atoms with van der Waals surface area (Å²) in [7, 11) is 3.21. The van der Waals surface area contributed by atoms with Crippen LogP contribution in [-0.2, 0) is 20.7 Å². The Labute approximate surface area is 245 Å². The zero-order valence-corrected chi connectivity index (χ0v) is 26.4. The molecular formula is C31H52N2O8. The third-order valence-corrected chi connectivity index (χ3v) is 7.97. The number of rotatable bonds is 20. The Kier molecular flexibility index (Phi) is 15.3. The van der Waals surface area contributed by atoms with E-state index < -0.39 is 28.4 Å². The number of nitrogens with zero attached hydrogens (tertiary/aromatic N) is 1. The molecule has 4 atom stereocenters. The molecule has 1 aromatic rings.